The third-order valence-corrected chi connectivity index (χ3v) is 6.99. The molecule has 0 radical (unpaired) electrons. The summed E-state index contributed by atoms with van der Waals surface area (Å²) in [5, 5.41) is 14.5. The molecule has 2 aromatic carbocycles. The monoisotopic (exact) mass is 498 g/mol. The lowest BCUT2D eigenvalue weighted by Crippen LogP contribution is -2.30. The van der Waals surface area contributed by atoms with Gasteiger partial charge in [0.05, 0.1) is 29.2 Å². The number of non-ortho nitro benzene ring substituents is 1. The van der Waals surface area contributed by atoms with Crippen molar-refractivity contribution in [1.82, 2.24) is 15.3 Å². The summed E-state index contributed by atoms with van der Waals surface area (Å²) in [5.74, 6) is -0.882. The molecule has 0 fully saturated rings. The Labute approximate surface area is 194 Å². The molecule has 1 atom stereocenters. The Morgan fingerprint density at radius 3 is 2.24 bits per heavy atom. The molecule has 11 nitrogen and oxygen atoms in total. The second kappa shape index (κ2) is 11.4. The van der Waals surface area contributed by atoms with Gasteiger partial charge in [-0.25, -0.2) is 0 Å². The predicted molar refractivity (Wildman–Crippen MR) is 126 cm³/mol. The zero-order valence-electron chi connectivity index (χ0n) is 17.9. The van der Waals surface area contributed by atoms with Gasteiger partial charge in [0.2, 0.25) is 0 Å². The largest absolute Gasteiger partial charge is 0.351 e. The molecule has 0 bridgehead atoms. The van der Waals surface area contributed by atoms with Crippen LogP contribution in [0, 0.1) is 10.1 Å². The molecule has 1 unspecified atom stereocenters. The third kappa shape index (κ3) is 5.95. The van der Waals surface area contributed by atoms with Crippen LogP contribution in [0.3, 0.4) is 0 Å². The maximum Gasteiger partial charge on any atom is 0.351 e. The SMILES string of the molecule is CCOP(=O)(OCC)C(NCc1cc([N+](=O)[O-])cc2[nH]c(=O)c(=O)[nH]c12)c1ccccc1.Cl. The van der Waals surface area contributed by atoms with Crippen molar-refractivity contribution in [2.75, 3.05) is 13.2 Å². The Morgan fingerprint density at radius 1 is 1.06 bits per heavy atom. The van der Waals surface area contributed by atoms with E-state index in [2.05, 4.69) is 15.3 Å². The lowest BCUT2D eigenvalue weighted by Gasteiger charge is -2.27. The van der Waals surface area contributed by atoms with Crippen LogP contribution in [0.5, 0.6) is 0 Å². The Kier molecular flexibility index (Phi) is 9.09. The van der Waals surface area contributed by atoms with E-state index in [1.165, 1.54) is 6.07 Å². The minimum absolute atomic E-state index is 0. The van der Waals surface area contributed by atoms with Crippen LogP contribution in [0.25, 0.3) is 11.0 Å². The number of nitro groups is 1. The van der Waals surface area contributed by atoms with Gasteiger partial charge in [-0.15, -0.1) is 12.4 Å². The summed E-state index contributed by atoms with van der Waals surface area (Å²) in [7, 11) is -3.67. The molecule has 3 rings (SSSR count). The normalized spacial score (nSPS) is 12.3. The van der Waals surface area contributed by atoms with E-state index in [4.69, 9.17) is 9.05 Å². The van der Waals surface area contributed by atoms with Crippen molar-refractivity contribution in [3.05, 3.63) is 84.4 Å². The smallest absolute Gasteiger partial charge is 0.316 e. The summed E-state index contributed by atoms with van der Waals surface area (Å²) >= 11 is 0. The van der Waals surface area contributed by atoms with Crippen molar-refractivity contribution >= 4 is 36.7 Å². The average molecular weight is 499 g/mol. The van der Waals surface area contributed by atoms with Crippen LogP contribution in [-0.4, -0.2) is 28.1 Å². The first kappa shape index (κ1) is 26.4. The van der Waals surface area contributed by atoms with E-state index in [1.807, 2.05) is 6.07 Å². The number of fused-ring (bicyclic) bond motifs is 1. The highest BCUT2D eigenvalue weighted by atomic mass is 35.5. The van der Waals surface area contributed by atoms with E-state index in [0.29, 0.717) is 11.1 Å². The lowest BCUT2D eigenvalue weighted by atomic mass is 10.1. The van der Waals surface area contributed by atoms with Gasteiger partial charge in [0.15, 0.2) is 0 Å². The fraction of sp³-hybridized carbons (Fsp3) is 0.300. The van der Waals surface area contributed by atoms with Crippen molar-refractivity contribution < 1.29 is 18.5 Å². The fourth-order valence-electron chi connectivity index (χ4n) is 3.33. The van der Waals surface area contributed by atoms with Crippen LogP contribution >= 0.6 is 20.0 Å². The molecule has 0 spiro atoms. The van der Waals surface area contributed by atoms with Crippen LogP contribution in [-0.2, 0) is 20.2 Å². The van der Waals surface area contributed by atoms with E-state index in [9.17, 15) is 24.3 Å². The van der Waals surface area contributed by atoms with E-state index in [-0.39, 0.29) is 48.9 Å². The number of hydrogen-bond donors (Lipinski definition) is 3. The molecule has 0 aliphatic heterocycles. The van der Waals surface area contributed by atoms with Crippen molar-refractivity contribution in [3.63, 3.8) is 0 Å². The molecule has 1 heterocycles. The van der Waals surface area contributed by atoms with Crippen LogP contribution in [0.2, 0.25) is 0 Å². The molecular weight excluding hydrogens is 475 g/mol. The maximum atomic E-state index is 13.6. The summed E-state index contributed by atoms with van der Waals surface area (Å²) < 4.78 is 24.6. The molecule has 1 aromatic heterocycles. The Morgan fingerprint density at radius 2 is 1.67 bits per heavy atom. The number of rotatable bonds is 10. The van der Waals surface area contributed by atoms with Crippen molar-refractivity contribution in [2.45, 2.75) is 26.2 Å². The van der Waals surface area contributed by atoms with Gasteiger partial charge in [0.25, 0.3) is 5.69 Å². The van der Waals surface area contributed by atoms with Gasteiger partial charge in [-0.3, -0.25) is 29.6 Å². The zero-order valence-corrected chi connectivity index (χ0v) is 19.6. The van der Waals surface area contributed by atoms with Crippen molar-refractivity contribution in [2.24, 2.45) is 0 Å². The highest BCUT2D eigenvalue weighted by Gasteiger charge is 2.36. The minimum atomic E-state index is -3.67. The second-order valence-corrected chi connectivity index (χ2v) is 8.87. The molecule has 0 saturated carbocycles. The number of aromatic amines is 2. The van der Waals surface area contributed by atoms with Gasteiger partial charge in [-0.1, -0.05) is 30.3 Å². The fourth-order valence-corrected chi connectivity index (χ4v) is 5.27. The van der Waals surface area contributed by atoms with Gasteiger partial charge in [-0.05, 0) is 25.0 Å². The van der Waals surface area contributed by atoms with E-state index in [0.717, 1.165) is 6.07 Å². The predicted octanol–water partition coefficient (Wildman–Crippen LogP) is 3.60. The second-order valence-electron chi connectivity index (χ2n) is 6.76. The molecule has 0 aliphatic rings. The minimum Gasteiger partial charge on any atom is -0.316 e. The van der Waals surface area contributed by atoms with E-state index < -0.39 is 29.4 Å². The first-order valence-corrected chi connectivity index (χ1v) is 11.5. The number of hydrogen-bond acceptors (Lipinski definition) is 8. The maximum absolute atomic E-state index is 13.6. The summed E-state index contributed by atoms with van der Waals surface area (Å²) in [6, 6.07) is 11.3. The third-order valence-electron chi connectivity index (χ3n) is 4.64. The standard InChI is InChI=1S/C20H23N4O7P.ClH/c1-3-30-32(29,31-4-2)20(13-8-6-5-7-9-13)21-12-14-10-15(24(27)28)11-16-17(14)23-19(26)18(25)22-16;/h5-11,20-21H,3-4,12H2,1-2H3,(H,22,25)(H,23,26);1H. The zero-order chi connectivity index (χ0) is 23.3. The van der Waals surface area contributed by atoms with Gasteiger partial charge in [0, 0.05) is 18.7 Å². The first-order valence-electron chi connectivity index (χ1n) is 9.89. The van der Waals surface area contributed by atoms with Crippen LogP contribution < -0.4 is 16.4 Å². The average Bonchev–Trinajstić information content (AvgIpc) is 2.75. The number of nitrogens with zero attached hydrogens (tertiary/aromatic N) is 1. The summed E-state index contributed by atoms with van der Waals surface area (Å²) in [4.78, 5) is 39.1. The molecule has 33 heavy (non-hydrogen) atoms. The summed E-state index contributed by atoms with van der Waals surface area (Å²) in [6.07, 6.45) is 0. The number of aromatic nitrogens is 2. The number of halogens is 1. The van der Waals surface area contributed by atoms with E-state index >= 15 is 0 Å². The Hall–Kier alpha value is -2.82. The van der Waals surface area contributed by atoms with Gasteiger partial charge < -0.3 is 19.0 Å². The number of nitro benzene ring substituents is 1. The number of nitrogens with one attached hydrogen (secondary N) is 3. The van der Waals surface area contributed by atoms with Gasteiger partial charge >= 0.3 is 18.7 Å². The number of benzene rings is 2. The van der Waals surface area contributed by atoms with Crippen molar-refractivity contribution in [3.8, 4) is 0 Å². The number of H-pyrrole nitrogens is 2. The quantitative estimate of drug-likeness (QED) is 0.166. The highest BCUT2D eigenvalue weighted by Crippen LogP contribution is 2.59. The van der Waals surface area contributed by atoms with Crippen LogP contribution in [0.4, 0.5) is 5.69 Å². The molecule has 0 saturated heterocycles. The molecular formula is C20H24ClN4O7P. The Bertz CT molecular complexity index is 1270. The summed E-state index contributed by atoms with van der Waals surface area (Å²) in [5.41, 5.74) is -0.793. The highest BCUT2D eigenvalue weighted by molar-refractivity contribution is 7.54. The molecule has 3 aromatic rings. The molecule has 3 N–H and O–H groups in total. The van der Waals surface area contributed by atoms with Crippen LogP contribution in [0.1, 0.15) is 30.8 Å². The molecule has 0 amide bonds. The topological polar surface area (TPSA) is 156 Å². The molecule has 178 valence electrons. The van der Waals surface area contributed by atoms with Crippen LogP contribution in [0.15, 0.2) is 52.1 Å². The first-order chi connectivity index (χ1) is 15.3. The van der Waals surface area contributed by atoms with Gasteiger partial charge in [0.1, 0.15) is 5.78 Å². The Balaban J connectivity index is 0.00000385. The van der Waals surface area contributed by atoms with E-state index in [1.54, 1.807) is 38.1 Å². The molecule has 0 aliphatic carbocycles. The van der Waals surface area contributed by atoms with Gasteiger partial charge in [-0.2, -0.15) is 0 Å². The van der Waals surface area contributed by atoms with Crippen molar-refractivity contribution in [1.29, 1.82) is 0 Å². The lowest BCUT2D eigenvalue weighted by molar-refractivity contribution is -0.384. The summed E-state index contributed by atoms with van der Waals surface area (Å²) in [6.45, 7) is 3.66. The molecule has 13 heteroatoms.